The van der Waals surface area contributed by atoms with E-state index in [1.165, 1.54) is 111 Å². The number of aryl methyl sites for hydroxylation is 1. The molecular weight excluding hydrogens is 798 g/mol. The van der Waals surface area contributed by atoms with Crippen LogP contribution in [0, 0.1) is 6.92 Å². The second kappa shape index (κ2) is 13.7. The van der Waals surface area contributed by atoms with Gasteiger partial charge in [0.05, 0.1) is 5.69 Å². The van der Waals surface area contributed by atoms with Crippen molar-refractivity contribution in [1.82, 2.24) is 4.48 Å². The summed E-state index contributed by atoms with van der Waals surface area (Å²) in [5.74, 6) is 0. The Labute approximate surface area is 385 Å². The van der Waals surface area contributed by atoms with E-state index >= 15 is 0 Å². The summed E-state index contributed by atoms with van der Waals surface area (Å²) in [6, 6.07) is 79.4. The van der Waals surface area contributed by atoms with Crippen molar-refractivity contribution in [1.29, 1.82) is 0 Å². The summed E-state index contributed by atoms with van der Waals surface area (Å²) < 4.78 is 2.75. The first-order valence-corrected chi connectivity index (χ1v) is 23.2. The minimum atomic E-state index is -0.243. The molecule has 0 fully saturated rings. The van der Waals surface area contributed by atoms with Crippen LogP contribution in [0.3, 0.4) is 0 Å². The van der Waals surface area contributed by atoms with Crippen molar-refractivity contribution in [3.05, 3.63) is 229 Å². The van der Waals surface area contributed by atoms with Gasteiger partial charge in [-0.1, -0.05) is 171 Å². The van der Waals surface area contributed by atoms with Crippen LogP contribution in [-0.2, 0) is 5.41 Å². The molecule has 1 aliphatic carbocycles. The molecular formula is C62H44BN3. The van der Waals surface area contributed by atoms with Gasteiger partial charge in [0.25, 0.3) is 0 Å². The normalized spacial score (nSPS) is 13.7. The Morgan fingerprint density at radius 1 is 0.455 bits per heavy atom. The molecule has 0 unspecified atom stereocenters. The maximum atomic E-state index is 2.75. The average Bonchev–Trinajstić information content (AvgIpc) is 3.82. The number of para-hydroxylation sites is 3. The van der Waals surface area contributed by atoms with Crippen molar-refractivity contribution in [2.45, 2.75) is 26.2 Å². The van der Waals surface area contributed by atoms with Crippen LogP contribution in [0.2, 0.25) is 0 Å². The molecule has 3 nitrogen and oxygen atoms in total. The molecule has 0 bridgehead atoms. The molecule has 4 heteroatoms. The Hall–Kier alpha value is -8.08. The monoisotopic (exact) mass is 841 g/mol. The first kappa shape index (κ1) is 37.3. The van der Waals surface area contributed by atoms with E-state index in [-0.39, 0.29) is 12.3 Å². The molecule has 310 valence electrons. The molecule has 14 rings (SSSR count). The van der Waals surface area contributed by atoms with Crippen LogP contribution in [0.5, 0.6) is 0 Å². The third-order valence-corrected chi connectivity index (χ3v) is 14.9. The van der Waals surface area contributed by atoms with E-state index in [0.717, 1.165) is 17.1 Å². The zero-order valence-electron chi connectivity index (χ0n) is 37.1. The molecule has 3 heterocycles. The van der Waals surface area contributed by atoms with Crippen molar-refractivity contribution >= 4 is 84.5 Å². The third kappa shape index (κ3) is 5.04. The summed E-state index contributed by atoms with van der Waals surface area (Å²) >= 11 is 0. The van der Waals surface area contributed by atoms with Gasteiger partial charge in [-0.2, -0.15) is 0 Å². The van der Waals surface area contributed by atoms with E-state index in [0.29, 0.717) is 0 Å². The molecule has 3 aliphatic rings. The van der Waals surface area contributed by atoms with Gasteiger partial charge in [0.2, 0.25) is 0 Å². The number of fused-ring (bicyclic) bond motifs is 13. The molecule has 1 aromatic heterocycles. The lowest BCUT2D eigenvalue weighted by Crippen LogP contribution is -2.57. The summed E-state index contributed by atoms with van der Waals surface area (Å²) in [5.41, 5.74) is 23.7. The summed E-state index contributed by atoms with van der Waals surface area (Å²) in [6.07, 6.45) is 0. The summed E-state index contributed by atoms with van der Waals surface area (Å²) in [5, 5.41) is 5.11. The van der Waals surface area contributed by atoms with Crippen LogP contribution >= 0.6 is 0 Å². The molecule has 0 amide bonds. The lowest BCUT2D eigenvalue weighted by Gasteiger charge is -2.43. The molecule has 0 radical (unpaired) electrons. The molecule has 0 saturated heterocycles. The number of anilines is 6. The fraction of sp³-hybridized carbons (Fsp3) is 0.0645. The summed E-state index contributed by atoms with van der Waals surface area (Å²) in [6.45, 7) is 6.96. The van der Waals surface area contributed by atoms with Crippen LogP contribution in [0.1, 0.15) is 30.5 Å². The van der Waals surface area contributed by atoms with E-state index in [1.54, 1.807) is 0 Å². The minimum Gasteiger partial charge on any atom is -0.375 e. The number of hydrogen-bond donors (Lipinski definition) is 0. The molecule has 0 N–H and O–H groups in total. The highest BCUT2D eigenvalue weighted by atomic mass is 15.2. The SMILES string of the molecule is Cc1ccc(N2c3ccc(N(c4ccccc4)c4ccccc4)cc3B3c4c2cc2c(c4-c4cccc5c6ccc7ccccc7c6n3c45)C(C)(C)c3ccccc3-2)c(-c2ccccc2)c1. The Kier molecular flexibility index (Phi) is 7.76. The second-order valence-corrected chi connectivity index (χ2v) is 18.9. The van der Waals surface area contributed by atoms with Crippen LogP contribution in [0.15, 0.2) is 212 Å². The lowest BCUT2D eigenvalue weighted by atomic mass is 9.44. The van der Waals surface area contributed by atoms with Crippen LogP contribution < -0.4 is 20.7 Å². The molecule has 11 aromatic rings. The predicted molar refractivity (Wildman–Crippen MR) is 280 cm³/mol. The zero-order chi connectivity index (χ0) is 43.8. The maximum absolute atomic E-state index is 2.75. The predicted octanol–water partition coefficient (Wildman–Crippen LogP) is 15.1. The number of aromatic nitrogens is 1. The van der Waals surface area contributed by atoms with Crippen LogP contribution in [-0.4, -0.2) is 11.3 Å². The third-order valence-electron chi connectivity index (χ3n) is 14.9. The topological polar surface area (TPSA) is 11.4 Å². The lowest BCUT2D eigenvalue weighted by molar-refractivity contribution is 0.662. The van der Waals surface area contributed by atoms with E-state index in [2.05, 4.69) is 247 Å². The van der Waals surface area contributed by atoms with Gasteiger partial charge in [0.1, 0.15) is 0 Å². The number of benzene rings is 10. The van der Waals surface area contributed by atoms with E-state index in [1.807, 2.05) is 0 Å². The Morgan fingerprint density at radius 3 is 1.89 bits per heavy atom. The van der Waals surface area contributed by atoms with Gasteiger partial charge in [-0.15, -0.1) is 0 Å². The van der Waals surface area contributed by atoms with Gasteiger partial charge >= 0.3 is 6.85 Å². The van der Waals surface area contributed by atoms with Crippen molar-refractivity contribution in [2.24, 2.45) is 0 Å². The number of rotatable bonds is 5. The van der Waals surface area contributed by atoms with E-state index < -0.39 is 0 Å². The molecule has 0 atom stereocenters. The zero-order valence-corrected chi connectivity index (χ0v) is 37.1. The van der Waals surface area contributed by atoms with Crippen molar-refractivity contribution in [3.63, 3.8) is 0 Å². The fourth-order valence-electron chi connectivity index (χ4n) is 12.2. The fourth-order valence-corrected chi connectivity index (χ4v) is 12.2. The van der Waals surface area contributed by atoms with Crippen molar-refractivity contribution in [2.75, 3.05) is 9.80 Å². The summed E-state index contributed by atoms with van der Waals surface area (Å²) in [4.78, 5) is 5.04. The van der Waals surface area contributed by atoms with Crippen LogP contribution in [0.25, 0.3) is 66.0 Å². The average molecular weight is 842 g/mol. The van der Waals surface area contributed by atoms with Gasteiger partial charge in [0, 0.05) is 72.2 Å². The quantitative estimate of drug-likeness (QED) is 0.160. The van der Waals surface area contributed by atoms with E-state index in [4.69, 9.17) is 0 Å². The standard InChI is InChI=1S/C62H44BN3/c1-39-30-34-54(50(36-39)40-18-7-4-8-19-40)65-55-35-32-44(64(42-21-9-5-10-22-42)43-23-11-6-12-24-43)37-53(55)63-59-56(65)38-51-46-26-15-16-29-52(46)62(2,3)58(51)57(59)49-28-17-27-47-48-33-31-41-20-13-14-25-45(41)60(48)66(63)61(47)49/h4-38H,1-3H3. The van der Waals surface area contributed by atoms with Crippen molar-refractivity contribution in [3.8, 4) is 33.4 Å². The Bertz CT molecular complexity index is 3770. The first-order chi connectivity index (χ1) is 32.5. The van der Waals surface area contributed by atoms with Gasteiger partial charge < -0.3 is 14.3 Å². The van der Waals surface area contributed by atoms with Crippen LogP contribution in [0.4, 0.5) is 34.1 Å². The smallest absolute Gasteiger partial charge is 0.333 e. The second-order valence-electron chi connectivity index (χ2n) is 18.9. The highest BCUT2D eigenvalue weighted by Gasteiger charge is 2.48. The maximum Gasteiger partial charge on any atom is 0.333 e. The summed E-state index contributed by atoms with van der Waals surface area (Å²) in [7, 11) is 0. The number of nitrogens with zero attached hydrogens (tertiary/aromatic N) is 3. The molecule has 66 heavy (non-hydrogen) atoms. The Balaban J connectivity index is 1.18. The highest BCUT2D eigenvalue weighted by molar-refractivity contribution is 6.90. The van der Waals surface area contributed by atoms with Gasteiger partial charge in [-0.05, 0) is 117 Å². The molecule has 2 aliphatic heterocycles. The van der Waals surface area contributed by atoms with Gasteiger partial charge in [-0.3, -0.25) is 0 Å². The first-order valence-electron chi connectivity index (χ1n) is 23.2. The van der Waals surface area contributed by atoms with Crippen molar-refractivity contribution < 1.29 is 0 Å². The molecule has 0 saturated carbocycles. The molecule has 0 spiro atoms. The highest BCUT2D eigenvalue weighted by Crippen LogP contribution is 2.57. The minimum absolute atomic E-state index is 0.147. The van der Waals surface area contributed by atoms with Gasteiger partial charge in [0.15, 0.2) is 0 Å². The molecule has 10 aromatic carbocycles. The van der Waals surface area contributed by atoms with E-state index in [9.17, 15) is 0 Å². The van der Waals surface area contributed by atoms with Gasteiger partial charge in [-0.25, -0.2) is 0 Å². The largest absolute Gasteiger partial charge is 0.375 e. The Morgan fingerprint density at radius 2 is 1.11 bits per heavy atom. The number of hydrogen-bond acceptors (Lipinski definition) is 2.